The molecule has 0 fully saturated rings. The number of aromatic nitrogens is 2. The minimum atomic E-state index is -0.592. The van der Waals surface area contributed by atoms with E-state index in [2.05, 4.69) is 15.5 Å². The maximum atomic E-state index is 12.3. The van der Waals surface area contributed by atoms with Crippen molar-refractivity contribution in [2.45, 2.75) is 38.8 Å². The number of nitrogens with one attached hydrogen (secondary N) is 1. The van der Waals surface area contributed by atoms with Crippen LogP contribution in [-0.2, 0) is 11.2 Å². The van der Waals surface area contributed by atoms with Crippen LogP contribution in [-0.4, -0.2) is 21.9 Å². The molecule has 0 aliphatic carbocycles. The molecule has 1 heterocycles. The second kappa shape index (κ2) is 8.03. The molecule has 6 nitrogen and oxygen atoms in total. The molecule has 1 aromatic heterocycles. The number of amides is 1. The first-order chi connectivity index (χ1) is 12.9. The van der Waals surface area contributed by atoms with Gasteiger partial charge in [-0.3, -0.25) is 0 Å². The molecule has 0 saturated heterocycles. The number of ether oxygens (including phenoxy) is 1. The van der Waals surface area contributed by atoms with Gasteiger partial charge < -0.3 is 14.5 Å². The topological polar surface area (TPSA) is 77.2 Å². The van der Waals surface area contributed by atoms with Gasteiger partial charge >= 0.3 is 6.09 Å². The summed E-state index contributed by atoms with van der Waals surface area (Å²) in [6.45, 7) is 5.46. The molecule has 6 heteroatoms. The van der Waals surface area contributed by atoms with Crippen molar-refractivity contribution in [3.63, 3.8) is 0 Å². The first-order valence-corrected chi connectivity index (χ1v) is 8.83. The van der Waals surface area contributed by atoms with Crippen molar-refractivity contribution >= 4 is 6.09 Å². The van der Waals surface area contributed by atoms with E-state index in [9.17, 15) is 4.79 Å². The van der Waals surface area contributed by atoms with E-state index in [0.717, 1.165) is 11.1 Å². The molecule has 0 saturated carbocycles. The molecule has 2 aromatic carbocycles. The average molecular weight is 365 g/mol. The van der Waals surface area contributed by atoms with Crippen molar-refractivity contribution in [3.8, 4) is 11.5 Å². The number of nitrogens with zero attached hydrogens (tertiary/aromatic N) is 2. The van der Waals surface area contributed by atoms with Crippen LogP contribution in [0.15, 0.2) is 65.1 Å². The number of benzene rings is 2. The summed E-state index contributed by atoms with van der Waals surface area (Å²) in [5.41, 5.74) is 1.27. The SMILES string of the molecule is CC(C)(C)OC(=O)NC(Cc1ccccc1)c1nnc(-c2ccccc2)o1. The van der Waals surface area contributed by atoms with Crippen LogP contribution in [0.5, 0.6) is 0 Å². The fourth-order valence-electron chi connectivity index (χ4n) is 2.57. The van der Waals surface area contributed by atoms with Crippen LogP contribution in [0, 0.1) is 0 Å². The Balaban J connectivity index is 1.83. The summed E-state index contributed by atoms with van der Waals surface area (Å²) in [5, 5.41) is 11.1. The van der Waals surface area contributed by atoms with Crippen molar-refractivity contribution in [1.29, 1.82) is 0 Å². The molecule has 0 aliphatic rings. The molecule has 140 valence electrons. The van der Waals surface area contributed by atoms with E-state index in [-0.39, 0.29) is 0 Å². The van der Waals surface area contributed by atoms with E-state index in [0.29, 0.717) is 18.2 Å². The van der Waals surface area contributed by atoms with Crippen LogP contribution >= 0.6 is 0 Å². The molecule has 0 radical (unpaired) electrons. The van der Waals surface area contributed by atoms with Crippen LogP contribution < -0.4 is 5.32 Å². The van der Waals surface area contributed by atoms with Crippen LogP contribution in [0.3, 0.4) is 0 Å². The smallest absolute Gasteiger partial charge is 0.408 e. The van der Waals surface area contributed by atoms with Gasteiger partial charge in [-0.1, -0.05) is 48.5 Å². The maximum Gasteiger partial charge on any atom is 0.408 e. The van der Waals surface area contributed by atoms with Gasteiger partial charge in [0, 0.05) is 12.0 Å². The quantitative estimate of drug-likeness (QED) is 0.718. The van der Waals surface area contributed by atoms with Crippen LogP contribution in [0.1, 0.15) is 38.3 Å². The lowest BCUT2D eigenvalue weighted by molar-refractivity contribution is 0.0495. The first kappa shape index (κ1) is 18.6. The van der Waals surface area contributed by atoms with Crippen molar-refractivity contribution in [2.75, 3.05) is 0 Å². The Morgan fingerprint density at radius 2 is 1.67 bits per heavy atom. The van der Waals surface area contributed by atoms with Crippen LogP contribution in [0.2, 0.25) is 0 Å². The number of hydrogen-bond donors (Lipinski definition) is 1. The molecule has 3 rings (SSSR count). The molecular weight excluding hydrogens is 342 g/mol. The minimum Gasteiger partial charge on any atom is -0.444 e. The van der Waals surface area contributed by atoms with E-state index in [4.69, 9.17) is 9.15 Å². The summed E-state index contributed by atoms with van der Waals surface area (Å²) in [7, 11) is 0. The standard InChI is InChI=1S/C21H23N3O3/c1-21(2,3)27-20(25)22-17(14-15-10-6-4-7-11-15)19-24-23-18(26-19)16-12-8-5-9-13-16/h4-13,17H,14H2,1-3H3,(H,22,25). The highest BCUT2D eigenvalue weighted by Gasteiger charge is 2.25. The van der Waals surface area contributed by atoms with E-state index >= 15 is 0 Å². The van der Waals surface area contributed by atoms with Gasteiger partial charge in [-0.05, 0) is 38.5 Å². The predicted molar refractivity (Wildman–Crippen MR) is 102 cm³/mol. The van der Waals surface area contributed by atoms with Gasteiger partial charge in [0.05, 0.1) is 0 Å². The zero-order valence-corrected chi connectivity index (χ0v) is 15.7. The predicted octanol–water partition coefficient (Wildman–Crippen LogP) is 4.55. The molecule has 1 amide bonds. The molecule has 1 atom stereocenters. The fraction of sp³-hybridized carbons (Fsp3) is 0.286. The molecule has 0 bridgehead atoms. The molecule has 1 N–H and O–H groups in total. The normalized spacial score (nSPS) is 12.4. The Morgan fingerprint density at radius 3 is 2.30 bits per heavy atom. The van der Waals surface area contributed by atoms with Gasteiger partial charge in [0.15, 0.2) is 0 Å². The number of carbonyl (C=O) groups excluding carboxylic acids is 1. The number of hydrogen-bond acceptors (Lipinski definition) is 5. The molecule has 0 aliphatic heterocycles. The lowest BCUT2D eigenvalue weighted by Crippen LogP contribution is -2.36. The summed E-state index contributed by atoms with van der Waals surface area (Å²) in [5.74, 6) is 0.748. The third-order valence-corrected chi connectivity index (χ3v) is 3.73. The van der Waals surface area contributed by atoms with E-state index in [1.165, 1.54) is 0 Å². The van der Waals surface area contributed by atoms with E-state index < -0.39 is 17.7 Å². The summed E-state index contributed by atoms with van der Waals surface area (Å²) < 4.78 is 11.2. The van der Waals surface area contributed by atoms with Crippen LogP contribution in [0.25, 0.3) is 11.5 Å². The second-order valence-corrected chi connectivity index (χ2v) is 7.20. The minimum absolute atomic E-state index is 0.337. The van der Waals surface area contributed by atoms with Crippen LogP contribution in [0.4, 0.5) is 4.79 Å². The Kier molecular flexibility index (Phi) is 5.54. The van der Waals surface area contributed by atoms with Crippen molar-refractivity contribution < 1.29 is 13.9 Å². The van der Waals surface area contributed by atoms with Crippen molar-refractivity contribution in [2.24, 2.45) is 0 Å². The molecular formula is C21H23N3O3. The first-order valence-electron chi connectivity index (χ1n) is 8.83. The van der Waals surface area contributed by atoms with E-state index in [1.807, 2.05) is 81.4 Å². The Hall–Kier alpha value is -3.15. The fourth-order valence-corrected chi connectivity index (χ4v) is 2.57. The van der Waals surface area contributed by atoms with Gasteiger partial charge in [0.2, 0.25) is 11.8 Å². The maximum absolute atomic E-state index is 12.3. The highest BCUT2D eigenvalue weighted by atomic mass is 16.6. The summed E-state index contributed by atoms with van der Waals surface area (Å²) in [4.78, 5) is 12.3. The lowest BCUT2D eigenvalue weighted by Gasteiger charge is -2.22. The molecule has 1 unspecified atom stereocenters. The lowest BCUT2D eigenvalue weighted by atomic mass is 10.1. The van der Waals surface area contributed by atoms with Gasteiger partial charge in [-0.2, -0.15) is 0 Å². The molecule has 27 heavy (non-hydrogen) atoms. The van der Waals surface area contributed by atoms with Gasteiger partial charge in [-0.25, -0.2) is 4.79 Å². The van der Waals surface area contributed by atoms with E-state index in [1.54, 1.807) is 0 Å². The van der Waals surface area contributed by atoms with Crippen molar-refractivity contribution in [1.82, 2.24) is 15.5 Å². The third kappa shape index (κ3) is 5.41. The summed E-state index contributed by atoms with van der Waals surface area (Å²) in [6, 6.07) is 18.8. The number of alkyl carbamates (subject to hydrolysis) is 1. The van der Waals surface area contributed by atoms with Gasteiger partial charge in [-0.15, -0.1) is 10.2 Å². The summed E-state index contributed by atoms with van der Waals surface area (Å²) in [6.07, 6.45) is -0.0147. The zero-order valence-electron chi connectivity index (χ0n) is 15.7. The van der Waals surface area contributed by atoms with Gasteiger partial charge in [0.25, 0.3) is 0 Å². The highest BCUT2D eigenvalue weighted by molar-refractivity contribution is 5.68. The monoisotopic (exact) mass is 365 g/mol. The summed E-state index contributed by atoms with van der Waals surface area (Å²) >= 11 is 0. The molecule has 0 spiro atoms. The van der Waals surface area contributed by atoms with Gasteiger partial charge in [0.1, 0.15) is 11.6 Å². The molecule has 3 aromatic rings. The Morgan fingerprint density at radius 1 is 1.04 bits per heavy atom. The Bertz CT molecular complexity index is 870. The third-order valence-electron chi connectivity index (χ3n) is 3.73. The second-order valence-electron chi connectivity index (χ2n) is 7.20. The zero-order chi connectivity index (χ0) is 19.3. The largest absolute Gasteiger partial charge is 0.444 e. The highest BCUT2D eigenvalue weighted by Crippen LogP contribution is 2.23. The number of carbonyl (C=O) groups is 1. The van der Waals surface area contributed by atoms with Crippen molar-refractivity contribution in [3.05, 3.63) is 72.1 Å². The number of rotatable bonds is 5. The Labute approximate surface area is 158 Å². The average Bonchev–Trinajstić information content (AvgIpc) is 3.11.